The number of phosphoric ester groups is 1. The van der Waals surface area contributed by atoms with Gasteiger partial charge in [0.2, 0.25) is 0 Å². The minimum absolute atomic E-state index is 0.0429. The molecular formula is C22H35O6P. The van der Waals surface area contributed by atoms with Crippen LogP contribution in [-0.4, -0.2) is 15.8 Å². The zero-order chi connectivity index (χ0) is 21.4. The van der Waals surface area contributed by atoms with Gasteiger partial charge in [-0.3, -0.25) is 14.6 Å². The summed E-state index contributed by atoms with van der Waals surface area (Å²) in [4.78, 5) is 29.5. The molecule has 0 aliphatic heterocycles. The lowest BCUT2D eigenvalue weighted by atomic mass is 10.1. The fourth-order valence-electron chi connectivity index (χ4n) is 2.90. The summed E-state index contributed by atoms with van der Waals surface area (Å²) in [5.41, 5.74) is 0. The number of carbonyl (C=O) groups excluding carboxylic acids is 1. The Labute approximate surface area is 174 Å². The predicted molar refractivity (Wildman–Crippen MR) is 115 cm³/mol. The average molecular weight is 426 g/mol. The molecule has 1 aromatic rings. The van der Waals surface area contributed by atoms with Crippen LogP contribution in [0.1, 0.15) is 84.0 Å². The molecule has 0 saturated carbocycles. The van der Waals surface area contributed by atoms with Gasteiger partial charge in [0, 0.05) is 12.5 Å². The van der Waals surface area contributed by atoms with E-state index in [0.717, 1.165) is 32.1 Å². The molecule has 0 heterocycles. The van der Waals surface area contributed by atoms with Crippen LogP contribution in [0.15, 0.2) is 36.4 Å². The number of esters is 1. The Morgan fingerprint density at radius 2 is 1.52 bits per heavy atom. The first-order chi connectivity index (χ1) is 13.9. The van der Waals surface area contributed by atoms with E-state index in [4.69, 9.17) is 14.5 Å². The minimum Gasteiger partial charge on any atom is -0.426 e. The molecule has 7 heteroatoms. The second-order valence-corrected chi connectivity index (χ2v) is 8.32. The maximum Gasteiger partial charge on any atom is 0.524 e. The number of ether oxygens (including phenoxy) is 1. The van der Waals surface area contributed by atoms with E-state index in [1.807, 2.05) is 0 Å². The molecule has 0 fully saturated rings. The summed E-state index contributed by atoms with van der Waals surface area (Å²) in [5, 5.41) is 0. The molecule has 0 amide bonds. The molecule has 6 nitrogen and oxygen atoms in total. The van der Waals surface area contributed by atoms with Crippen LogP contribution in [0.25, 0.3) is 0 Å². The fourth-order valence-corrected chi connectivity index (χ4v) is 3.29. The quantitative estimate of drug-likeness (QED) is 0.106. The number of rotatable bonds is 16. The lowest BCUT2D eigenvalue weighted by molar-refractivity contribution is -0.134. The van der Waals surface area contributed by atoms with Crippen molar-refractivity contribution in [1.82, 2.24) is 0 Å². The SMILES string of the molecule is CCCCCC/C=C\CCCCCCCC(=O)Oc1cccc(OP(=O)(O)O)c1. The normalized spacial score (nSPS) is 11.7. The Bertz CT molecular complexity index is 652. The number of hydrogen-bond donors (Lipinski definition) is 2. The monoisotopic (exact) mass is 426 g/mol. The van der Waals surface area contributed by atoms with Gasteiger partial charge in [0.25, 0.3) is 0 Å². The van der Waals surface area contributed by atoms with Gasteiger partial charge in [-0.2, -0.15) is 0 Å². The molecule has 0 bridgehead atoms. The molecule has 0 saturated heterocycles. The standard InChI is InChI=1S/C22H35O6P/c1-2-3-4-5-6-7-8-9-10-11-12-13-14-18-22(23)27-20-16-15-17-21(19-20)28-29(24,25)26/h7-8,15-17,19H,2-6,9-14,18H2,1H3,(H2,24,25,26)/b8-7-. The number of allylic oxidation sites excluding steroid dienone is 2. The minimum atomic E-state index is -4.63. The van der Waals surface area contributed by atoms with E-state index in [-0.39, 0.29) is 17.5 Å². The summed E-state index contributed by atoms with van der Waals surface area (Å²) in [6, 6.07) is 5.72. The number of benzene rings is 1. The van der Waals surface area contributed by atoms with Gasteiger partial charge in [-0.05, 0) is 44.2 Å². The Morgan fingerprint density at radius 1 is 0.931 bits per heavy atom. The Kier molecular flexibility index (Phi) is 13.4. The molecule has 0 unspecified atom stereocenters. The van der Waals surface area contributed by atoms with E-state index < -0.39 is 7.82 Å². The first kappa shape index (κ1) is 25.4. The maximum atomic E-state index is 11.9. The van der Waals surface area contributed by atoms with E-state index in [9.17, 15) is 9.36 Å². The van der Waals surface area contributed by atoms with Crippen LogP contribution >= 0.6 is 7.82 Å². The first-order valence-corrected chi connectivity index (χ1v) is 12.1. The third-order valence-electron chi connectivity index (χ3n) is 4.40. The maximum absolute atomic E-state index is 11.9. The number of carbonyl (C=O) groups is 1. The lowest BCUT2D eigenvalue weighted by Gasteiger charge is -2.08. The Hall–Kier alpha value is -1.62. The predicted octanol–water partition coefficient (Wildman–Crippen LogP) is 6.32. The van der Waals surface area contributed by atoms with Crippen molar-refractivity contribution in [1.29, 1.82) is 0 Å². The largest absolute Gasteiger partial charge is 0.524 e. The van der Waals surface area contributed by atoms with Crippen LogP contribution in [0.5, 0.6) is 11.5 Å². The van der Waals surface area contributed by atoms with Crippen LogP contribution in [0.2, 0.25) is 0 Å². The van der Waals surface area contributed by atoms with Crippen molar-refractivity contribution in [2.75, 3.05) is 0 Å². The van der Waals surface area contributed by atoms with Crippen LogP contribution < -0.4 is 9.26 Å². The van der Waals surface area contributed by atoms with Crippen molar-refractivity contribution in [2.24, 2.45) is 0 Å². The summed E-state index contributed by atoms with van der Waals surface area (Å²) in [6.07, 6.45) is 17.7. The lowest BCUT2D eigenvalue weighted by Crippen LogP contribution is -2.07. The van der Waals surface area contributed by atoms with Crippen LogP contribution in [-0.2, 0) is 9.36 Å². The molecular weight excluding hydrogens is 391 g/mol. The van der Waals surface area contributed by atoms with E-state index >= 15 is 0 Å². The average Bonchev–Trinajstić information content (AvgIpc) is 2.64. The number of unbranched alkanes of at least 4 members (excludes halogenated alkanes) is 9. The third-order valence-corrected chi connectivity index (χ3v) is 4.85. The number of phosphoric acid groups is 1. The molecule has 29 heavy (non-hydrogen) atoms. The van der Waals surface area contributed by atoms with Crippen molar-refractivity contribution in [2.45, 2.75) is 84.0 Å². The van der Waals surface area contributed by atoms with Crippen molar-refractivity contribution >= 4 is 13.8 Å². The highest BCUT2D eigenvalue weighted by Crippen LogP contribution is 2.38. The van der Waals surface area contributed by atoms with Crippen molar-refractivity contribution in [3.8, 4) is 11.5 Å². The van der Waals surface area contributed by atoms with Crippen LogP contribution in [0, 0.1) is 0 Å². The zero-order valence-corrected chi connectivity index (χ0v) is 18.3. The first-order valence-electron chi connectivity index (χ1n) is 10.6. The molecule has 164 valence electrons. The van der Waals surface area contributed by atoms with Crippen LogP contribution in [0.4, 0.5) is 0 Å². The van der Waals surface area contributed by atoms with Gasteiger partial charge in [-0.15, -0.1) is 0 Å². The molecule has 0 aromatic heterocycles. The third kappa shape index (κ3) is 15.0. The van der Waals surface area contributed by atoms with Gasteiger partial charge < -0.3 is 9.26 Å². The molecule has 0 aliphatic carbocycles. The van der Waals surface area contributed by atoms with Gasteiger partial charge in [-0.25, -0.2) is 4.57 Å². The Balaban J connectivity index is 2.06. The van der Waals surface area contributed by atoms with Crippen LogP contribution in [0.3, 0.4) is 0 Å². The summed E-state index contributed by atoms with van der Waals surface area (Å²) < 4.78 is 20.5. The van der Waals surface area contributed by atoms with E-state index in [2.05, 4.69) is 23.6 Å². The summed E-state index contributed by atoms with van der Waals surface area (Å²) >= 11 is 0. The van der Waals surface area contributed by atoms with Crippen molar-refractivity contribution < 1.29 is 28.4 Å². The molecule has 1 rings (SSSR count). The van der Waals surface area contributed by atoms with Crippen molar-refractivity contribution in [3.05, 3.63) is 36.4 Å². The zero-order valence-electron chi connectivity index (χ0n) is 17.4. The summed E-state index contributed by atoms with van der Waals surface area (Å²) in [5.74, 6) is -0.189. The van der Waals surface area contributed by atoms with Gasteiger partial charge in [-0.1, -0.05) is 63.7 Å². The second kappa shape index (κ2) is 15.3. The van der Waals surface area contributed by atoms with E-state index in [1.165, 1.54) is 56.7 Å². The second-order valence-electron chi connectivity index (χ2n) is 7.16. The van der Waals surface area contributed by atoms with E-state index in [0.29, 0.717) is 6.42 Å². The highest BCUT2D eigenvalue weighted by Gasteiger charge is 2.16. The molecule has 0 atom stereocenters. The van der Waals surface area contributed by atoms with Gasteiger partial charge >= 0.3 is 13.8 Å². The van der Waals surface area contributed by atoms with Gasteiger partial charge in [0.15, 0.2) is 0 Å². The highest BCUT2D eigenvalue weighted by atomic mass is 31.2. The fraction of sp³-hybridized carbons (Fsp3) is 0.591. The number of hydrogen-bond acceptors (Lipinski definition) is 4. The Morgan fingerprint density at radius 3 is 2.17 bits per heavy atom. The highest BCUT2D eigenvalue weighted by molar-refractivity contribution is 7.46. The molecule has 0 radical (unpaired) electrons. The summed E-state index contributed by atoms with van der Waals surface area (Å²) in [6.45, 7) is 2.23. The smallest absolute Gasteiger partial charge is 0.426 e. The molecule has 0 spiro atoms. The molecule has 2 N–H and O–H groups in total. The van der Waals surface area contributed by atoms with Crippen molar-refractivity contribution in [3.63, 3.8) is 0 Å². The molecule has 1 aromatic carbocycles. The summed E-state index contributed by atoms with van der Waals surface area (Å²) in [7, 11) is -4.63. The van der Waals surface area contributed by atoms with Gasteiger partial charge in [0.05, 0.1) is 0 Å². The topological polar surface area (TPSA) is 93.1 Å². The van der Waals surface area contributed by atoms with Gasteiger partial charge in [0.1, 0.15) is 11.5 Å². The molecule has 0 aliphatic rings. The van der Waals surface area contributed by atoms with E-state index in [1.54, 1.807) is 6.07 Å².